The molecule has 0 aromatic rings. The van der Waals surface area contributed by atoms with Crippen LogP contribution in [0.2, 0.25) is 0 Å². The van der Waals surface area contributed by atoms with Gasteiger partial charge in [0.2, 0.25) is 7.37 Å². The molecule has 0 aliphatic heterocycles. The number of hydrogen-bond donors (Lipinski definition) is 0. The van der Waals surface area contributed by atoms with Crippen LogP contribution in [0.15, 0.2) is 25.3 Å². The predicted molar refractivity (Wildman–Crippen MR) is 54.0 cm³/mol. The van der Waals surface area contributed by atoms with E-state index in [2.05, 4.69) is 13.2 Å². The smallest absolute Gasteiger partial charge is 0.207 e. The lowest BCUT2D eigenvalue weighted by Gasteiger charge is -2.14. The molecule has 0 aromatic heterocycles. The SMILES string of the molecule is C=CCOP(=O)(CC=C)CCC. The molecule has 3 heteroatoms. The van der Waals surface area contributed by atoms with Crippen molar-refractivity contribution in [2.24, 2.45) is 0 Å². The Hall–Kier alpha value is -0.330. The Balaban J connectivity index is 4.07. The Bertz CT molecular complexity index is 187. The van der Waals surface area contributed by atoms with Crippen molar-refractivity contribution in [1.82, 2.24) is 0 Å². The van der Waals surface area contributed by atoms with E-state index in [0.717, 1.165) is 6.42 Å². The summed E-state index contributed by atoms with van der Waals surface area (Å²) < 4.78 is 17.1. The third-order valence-corrected chi connectivity index (χ3v) is 3.96. The van der Waals surface area contributed by atoms with Gasteiger partial charge in [-0.05, 0) is 6.42 Å². The van der Waals surface area contributed by atoms with E-state index in [-0.39, 0.29) is 0 Å². The predicted octanol–water partition coefficient (Wildman–Crippen LogP) is 3.06. The summed E-state index contributed by atoms with van der Waals surface area (Å²) in [7, 11) is -2.43. The standard InChI is InChI=1S/C9H17O2P/c1-4-7-11-12(10,8-5-2)9-6-3/h4-5H,1-2,6-9H2,3H3. The van der Waals surface area contributed by atoms with E-state index in [0.29, 0.717) is 18.9 Å². The quantitative estimate of drug-likeness (QED) is 0.453. The molecule has 0 radical (unpaired) electrons. The molecular weight excluding hydrogens is 171 g/mol. The molecule has 70 valence electrons. The molecule has 0 saturated heterocycles. The lowest BCUT2D eigenvalue weighted by atomic mass is 10.6. The van der Waals surface area contributed by atoms with E-state index in [1.165, 1.54) is 0 Å². The maximum atomic E-state index is 11.8. The molecule has 0 aliphatic rings. The van der Waals surface area contributed by atoms with Crippen LogP contribution in [0.1, 0.15) is 13.3 Å². The van der Waals surface area contributed by atoms with Crippen LogP contribution in [0.25, 0.3) is 0 Å². The summed E-state index contributed by atoms with van der Waals surface area (Å²) in [4.78, 5) is 0. The second kappa shape index (κ2) is 6.22. The summed E-state index contributed by atoms with van der Waals surface area (Å²) in [6.45, 7) is 9.43. The minimum absolute atomic E-state index is 0.366. The van der Waals surface area contributed by atoms with Crippen molar-refractivity contribution < 1.29 is 9.09 Å². The third-order valence-electron chi connectivity index (χ3n) is 1.40. The summed E-state index contributed by atoms with van der Waals surface area (Å²) in [5.74, 6) is 0. The zero-order valence-electron chi connectivity index (χ0n) is 7.66. The maximum Gasteiger partial charge on any atom is 0.207 e. The van der Waals surface area contributed by atoms with Crippen molar-refractivity contribution in [2.75, 3.05) is 18.9 Å². The molecular formula is C9H17O2P. The van der Waals surface area contributed by atoms with Gasteiger partial charge in [0.15, 0.2) is 0 Å². The van der Waals surface area contributed by atoms with Crippen LogP contribution in [0.3, 0.4) is 0 Å². The molecule has 1 unspecified atom stereocenters. The number of rotatable bonds is 7. The van der Waals surface area contributed by atoms with Gasteiger partial charge in [-0.3, -0.25) is 4.57 Å². The Morgan fingerprint density at radius 3 is 2.50 bits per heavy atom. The van der Waals surface area contributed by atoms with E-state index in [1.54, 1.807) is 12.2 Å². The molecule has 1 atom stereocenters. The molecule has 0 rings (SSSR count). The molecule has 0 aliphatic carbocycles. The molecule has 0 N–H and O–H groups in total. The van der Waals surface area contributed by atoms with Gasteiger partial charge in [0.25, 0.3) is 0 Å². The first-order valence-electron chi connectivity index (χ1n) is 4.13. The number of hydrogen-bond acceptors (Lipinski definition) is 2. The lowest BCUT2D eigenvalue weighted by Crippen LogP contribution is -1.97. The summed E-state index contributed by atoms with van der Waals surface area (Å²) in [6.07, 6.45) is 5.24. The van der Waals surface area contributed by atoms with Gasteiger partial charge in [0, 0.05) is 12.3 Å². The van der Waals surface area contributed by atoms with Gasteiger partial charge >= 0.3 is 0 Å². The van der Waals surface area contributed by atoms with Crippen molar-refractivity contribution in [3.8, 4) is 0 Å². The first kappa shape index (κ1) is 11.7. The van der Waals surface area contributed by atoms with Gasteiger partial charge in [-0.25, -0.2) is 0 Å². The van der Waals surface area contributed by atoms with Gasteiger partial charge in [-0.2, -0.15) is 0 Å². The average Bonchev–Trinajstić information content (AvgIpc) is 2.02. The fraction of sp³-hybridized carbons (Fsp3) is 0.556. The largest absolute Gasteiger partial charge is 0.324 e. The van der Waals surface area contributed by atoms with E-state index in [4.69, 9.17) is 4.52 Å². The molecule has 0 aromatic carbocycles. The zero-order chi connectivity index (χ0) is 9.45. The van der Waals surface area contributed by atoms with Crippen molar-refractivity contribution in [1.29, 1.82) is 0 Å². The Morgan fingerprint density at radius 2 is 2.08 bits per heavy atom. The fourth-order valence-electron chi connectivity index (χ4n) is 0.934. The molecule has 2 nitrogen and oxygen atoms in total. The Morgan fingerprint density at radius 1 is 1.42 bits per heavy atom. The highest BCUT2D eigenvalue weighted by Gasteiger charge is 2.18. The highest BCUT2D eigenvalue weighted by molar-refractivity contribution is 7.59. The Labute approximate surface area is 74.8 Å². The third kappa shape index (κ3) is 4.53. The minimum Gasteiger partial charge on any atom is -0.324 e. The summed E-state index contributed by atoms with van der Waals surface area (Å²) in [6, 6.07) is 0. The van der Waals surface area contributed by atoms with Crippen LogP contribution >= 0.6 is 7.37 Å². The lowest BCUT2D eigenvalue weighted by molar-refractivity contribution is 0.354. The van der Waals surface area contributed by atoms with Crippen LogP contribution in [0.4, 0.5) is 0 Å². The van der Waals surface area contributed by atoms with Crippen LogP contribution in [-0.4, -0.2) is 18.9 Å². The van der Waals surface area contributed by atoms with Crippen LogP contribution in [0.5, 0.6) is 0 Å². The molecule has 12 heavy (non-hydrogen) atoms. The second-order valence-electron chi connectivity index (χ2n) is 2.59. The fourth-order valence-corrected chi connectivity index (χ4v) is 2.80. The van der Waals surface area contributed by atoms with Gasteiger partial charge in [0.1, 0.15) is 0 Å². The van der Waals surface area contributed by atoms with Gasteiger partial charge in [-0.15, -0.1) is 13.2 Å². The van der Waals surface area contributed by atoms with Gasteiger partial charge in [0.05, 0.1) is 6.61 Å². The second-order valence-corrected chi connectivity index (χ2v) is 5.29. The first-order chi connectivity index (χ1) is 5.68. The van der Waals surface area contributed by atoms with Gasteiger partial charge in [-0.1, -0.05) is 19.1 Å². The van der Waals surface area contributed by atoms with Crippen LogP contribution < -0.4 is 0 Å². The normalized spacial score (nSPS) is 15.1. The maximum absolute atomic E-state index is 11.8. The van der Waals surface area contributed by atoms with E-state index in [1.807, 2.05) is 6.92 Å². The topological polar surface area (TPSA) is 26.3 Å². The van der Waals surface area contributed by atoms with Crippen molar-refractivity contribution in [2.45, 2.75) is 13.3 Å². The molecule has 0 heterocycles. The molecule has 0 spiro atoms. The highest BCUT2D eigenvalue weighted by Crippen LogP contribution is 2.47. The zero-order valence-corrected chi connectivity index (χ0v) is 8.56. The summed E-state index contributed by atoms with van der Waals surface area (Å²) in [5.41, 5.74) is 0. The molecule has 0 bridgehead atoms. The highest BCUT2D eigenvalue weighted by atomic mass is 31.2. The minimum atomic E-state index is -2.43. The van der Waals surface area contributed by atoms with Crippen LogP contribution in [-0.2, 0) is 9.09 Å². The Kier molecular flexibility index (Phi) is 6.04. The van der Waals surface area contributed by atoms with Crippen molar-refractivity contribution in [3.05, 3.63) is 25.3 Å². The van der Waals surface area contributed by atoms with Crippen molar-refractivity contribution in [3.63, 3.8) is 0 Å². The van der Waals surface area contributed by atoms with Gasteiger partial charge < -0.3 is 4.52 Å². The molecule has 0 saturated carbocycles. The summed E-state index contributed by atoms with van der Waals surface area (Å²) in [5, 5.41) is 0. The van der Waals surface area contributed by atoms with Crippen molar-refractivity contribution >= 4 is 7.37 Å². The van der Waals surface area contributed by atoms with Crippen LogP contribution in [0, 0.1) is 0 Å². The van der Waals surface area contributed by atoms with E-state index < -0.39 is 7.37 Å². The summed E-state index contributed by atoms with van der Waals surface area (Å²) >= 11 is 0. The monoisotopic (exact) mass is 188 g/mol. The average molecular weight is 188 g/mol. The van der Waals surface area contributed by atoms with E-state index >= 15 is 0 Å². The molecule has 0 amide bonds. The van der Waals surface area contributed by atoms with E-state index in [9.17, 15) is 4.57 Å². The molecule has 0 fully saturated rings. The first-order valence-corrected chi connectivity index (χ1v) is 6.12. The number of allylic oxidation sites excluding steroid dienone is 1.